The van der Waals surface area contributed by atoms with Crippen LogP contribution >= 0.6 is 0 Å². The van der Waals surface area contributed by atoms with E-state index in [9.17, 15) is 5.11 Å². The molecule has 0 spiro atoms. The van der Waals surface area contributed by atoms with E-state index in [1.807, 2.05) is 0 Å². The number of hydrogen-bond acceptors (Lipinski definition) is 1. The van der Waals surface area contributed by atoms with Crippen molar-refractivity contribution in [1.82, 2.24) is 0 Å². The van der Waals surface area contributed by atoms with Crippen LogP contribution in [0.15, 0.2) is 0 Å². The Kier molecular flexibility index (Phi) is 4.98. The molecule has 0 aromatic carbocycles. The lowest BCUT2D eigenvalue weighted by Crippen LogP contribution is -2.47. The third kappa shape index (κ3) is 2.46. The second-order valence-electron chi connectivity index (χ2n) is 4.71. The molecule has 0 atom stereocenters. The smallest absolute Gasteiger partial charge is 0.0721 e. The minimum absolute atomic E-state index is 0.345. The molecular formula is C12H26O. The van der Waals surface area contributed by atoms with Crippen molar-refractivity contribution in [3.8, 4) is 0 Å². The summed E-state index contributed by atoms with van der Waals surface area (Å²) in [6, 6.07) is 0. The number of rotatable bonds is 5. The van der Waals surface area contributed by atoms with Crippen LogP contribution in [0.3, 0.4) is 0 Å². The lowest BCUT2D eigenvalue weighted by molar-refractivity contribution is -0.0982. The fourth-order valence-electron chi connectivity index (χ4n) is 2.55. The monoisotopic (exact) mass is 186 g/mol. The first-order valence-electron chi connectivity index (χ1n) is 5.63. The third-order valence-corrected chi connectivity index (χ3v) is 3.49. The van der Waals surface area contributed by atoms with E-state index in [1.54, 1.807) is 0 Å². The van der Waals surface area contributed by atoms with Gasteiger partial charge >= 0.3 is 0 Å². The van der Waals surface area contributed by atoms with Gasteiger partial charge in [-0.3, -0.25) is 0 Å². The molecule has 0 saturated carbocycles. The van der Waals surface area contributed by atoms with E-state index in [4.69, 9.17) is 0 Å². The van der Waals surface area contributed by atoms with Gasteiger partial charge < -0.3 is 5.11 Å². The molecule has 0 amide bonds. The van der Waals surface area contributed by atoms with Crippen molar-refractivity contribution < 1.29 is 5.11 Å². The maximum atomic E-state index is 10.6. The normalized spacial score (nSPS) is 13.4. The predicted molar refractivity (Wildman–Crippen MR) is 58.7 cm³/mol. The quantitative estimate of drug-likeness (QED) is 0.697. The van der Waals surface area contributed by atoms with Gasteiger partial charge in [-0.1, -0.05) is 54.4 Å². The molecule has 0 heterocycles. The van der Waals surface area contributed by atoms with Crippen LogP contribution in [0.4, 0.5) is 0 Å². The van der Waals surface area contributed by atoms with Gasteiger partial charge in [0.05, 0.1) is 5.60 Å². The highest BCUT2D eigenvalue weighted by Gasteiger charge is 2.40. The summed E-state index contributed by atoms with van der Waals surface area (Å²) < 4.78 is 0. The third-order valence-electron chi connectivity index (χ3n) is 3.49. The molecule has 0 aliphatic heterocycles. The summed E-state index contributed by atoms with van der Waals surface area (Å²) >= 11 is 0. The van der Waals surface area contributed by atoms with Crippen molar-refractivity contribution in [1.29, 1.82) is 0 Å². The van der Waals surface area contributed by atoms with E-state index in [0.29, 0.717) is 17.8 Å². The average Bonchev–Trinajstić information content (AvgIpc) is 2.05. The molecule has 0 aromatic heterocycles. The van der Waals surface area contributed by atoms with Gasteiger partial charge in [-0.15, -0.1) is 0 Å². The van der Waals surface area contributed by atoms with Gasteiger partial charge in [0.25, 0.3) is 0 Å². The summed E-state index contributed by atoms with van der Waals surface area (Å²) in [6.45, 7) is 12.8. The van der Waals surface area contributed by atoms with E-state index in [-0.39, 0.29) is 0 Å². The van der Waals surface area contributed by atoms with E-state index >= 15 is 0 Å². The lowest BCUT2D eigenvalue weighted by Gasteiger charge is -2.42. The van der Waals surface area contributed by atoms with E-state index in [0.717, 1.165) is 12.8 Å². The largest absolute Gasteiger partial charge is 0.389 e. The van der Waals surface area contributed by atoms with Crippen LogP contribution in [0.5, 0.6) is 0 Å². The average molecular weight is 186 g/mol. The second kappa shape index (κ2) is 4.99. The van der Waals surface area contributed by atoms with Crippen LogP contribution in [0.1, 0.15) is 54.4 Å². The summed E-state index contributed by atoms with van der Waals surface area (Å²) in [7, 11) is 0. The fraction of sp³-hybridized carbons (Fsp3) is 1.00. The first-order chi connectivity index (χ1) is 5.91. The minimum atomic E-state index is -0.483. The van der Waals surface area contributed by atoms with Crippen LogP contribution in [0, 0.1) is 17.8 Å². The van der Waals surface area contributed by atoms with Gasteiger partial charge in [-0.2, -0.15) is 0 Å². The standard InChI is InChI=1S/C12H26O/c1-7-11(8-2)12(13,9(3)4)10(5)6/h9-11,13H,7-8H2,1-6H3. The molecule has 0 rings (SSSR count). The van der Waals surface area contributed by atoms with Crippen LogP contribution < -0.4 is 0 Å². The Morgan fingerprint density at radius 3 is 1.31 bits per heavy atom. The lowest BCUT2D eigenvalue weighted by atomic mass is 9.69. The maximum absolute atomic E-state index is 10.6. The van der Waals surface area contributed by atoms with E-state index in [2.05, 4.69) is 41.5 Å². The molecule has 0 bridgehead atoms. The summed E-state index contributed by atoms with van der Waals surface area (Å²) in [5, 5.41) is 10.6. The second-order valence-corrected chi connectivity index (χ2v) is 4.71. The minimum Gasteiger partial charge on any atom is -0.389 e. The first-order valence-corrected chi connectivity index (χ1v) is 5.63. The van der Waals surface area contributed by atoms with Gasteiger partial charge in [0.15, 0.2) is 0 Å². The van der Waals surface area contributed by atoms with Gasteiger partial charge in [0, 0.05) is 0 Å². The van der Waals surface area contributed by atoms with Crippen LogP contribution in [-0.2, 0) is 0 Å². The molecule has 0 unspecified atom stereocenters. The van der Waals surface area contributed by atoms with E-state index < -0.39 is 5.60 Å². The topological polar surface area (TPSA) is 20.2 Å². The highest BCUT2D eigenvalue weighted by molar-refractivity contribution is 4.90. The van der Waals surface area contributed by atoms with Crippen molar-refractivity contribution in [3.63, 3.8) is 0 Å². The Hall–Kier alpha value is -0.0400. The highest BCUT2D eigenvalue weighted by atomic mass is 16.3. The summed E-state index contributed by atoms with van der Waals surface area (Å²) in [6.07, 6.45) is 2.15. The summed E-state index contributed by atoms with van der Waals surface area (Å²) in [4.78, 5) is 0. The Bertz CT molecular complexity index is 126. The SMILES string of the molecule is CCC(CC)C(O)(C(C)C)C(C)C. The predicted octanol–water partition coefficient (Wildman–Crippen LogP) is 3.47. The van der Waals surface area contributed by atoms with Crippen LogP contribution in [0.2, 0.25) is 0 Å². The van der Waals surface area contributed by atoms with Gasteiger partial charge in [0.1, 0.15) is 0 Å². The molecule has 80 valence electrons. The Labute approximate surface area is 83.5 Å². The summed E-state index contributed by atoms with van der Waals surface area (Å²) in [5.41, 5.74) is -0.483. The Balaban J connectivity index is 4.75. The molecule has 0 aliphatic rings. The van der Waals surface area contributed by atoms with Crippen molar-refractivity contribution >= 4 is 0 Å². The molecule has 1 nitrogen and oxygen atoms in total. The zero-order valence-corrected chi connectivity index (χ0v) is 10.1. The molecule has 0 fully saturated rings. The summed E-state index contributed by atoms with van der Waals surface area (Å²) in [5.74, 6) is 1.13. The van der Waals surface area contributed by atoms with Gasteiger partial charge in [-0.25, -0.2) is 0 Å². The van der Waals surface area contributed by atoms with Crippen molar-refractivity contribution in [2.75, 3.05) is 0 Å². The molecule has 1 N–H and O–H groups in total. The highest BCUT2D eigenvalue weighted by Crippen LogP contribution is 2.37. The Morgan fingerprint density at radius 1 is 0.923 bits per heavy atom. The Morgan fingerprint density at radius 2 is 1.23 bits per heavy atom. The van der Waals surface area contributed by atoms with Gasteiger partial charge in [0.2, 0.25) is 0 Å². The molecule has 1 heteroatoms. The molecule has 0 saturated heterocycles. The zero-order valence-electron chi connectivity index (χ0n) is 10.1. The fourth-order valence-corrected chi connectivity index (χ4v) is 2.55. The molecule has 13 heavy (non-hydrogen) atoms. The van der Waals surface area contributed by atoms with E-state index in [1.165, 1.54) is 0 Å². The van der Waals surface area contributed by atoms with Crippen molar-refractivity contribution in [2.24, 2.45) is 17.8 Å². The number of aliphatic hydroxyl groups is 1. The molecular weight excluding hydrogens is 160 g/mol. The molecule has 0 aromatic rings. The van der Waals surface area contributed by atoms with Crippen molar-refractivity contribution in [2.45, 2.75) is 60.0 Å². The molecule has 0 radical (unpaired) electrons. The van der Waals surface area contributed by atoms with Gasteiger partial charge in [-0.05, 0) is 17.8 Å². The molecule has 0 aliphatic carbocycles. The first kappa shape index (κ1) is 13.0. The van der Waals surface area contributed by atoms with Crippen molar-refractivity contribution in [3.05, 3.63) is 0 Å². The van der Waals surface area contributed by atoms with Crippen LogP contribution in [-0.4, -0.2) is 10.7 Å². The van der Waals surface area contributed by atoms with Crippen LogP contribution in [0.25, 0.3) is 0 Å². The zero-order chi connectivity index (χ0) is 10.6. The maximum Gasteiger partial charge on any atom is 0.0721 e. The number of hydrogen-bond donors (Lipinski definition) is 1.